The van der Waals surface area contributed by atoms with Crippen LogP contribution < -0.4 is 10.1 Å². The zero-order chi connectivity index (χ0) is 29.5. The van der Waals surface area contributed by atoms with Crippen molar-refractivity contribution >= 4 is 22.8 Å². The molecule has 4 aromatic rings. The Morgan fingerprint density at radius 2 is 1.98 bits per heavy atom. The van der Waals surface area contributed by atoms with E-state index in [1.54, 1.807) is 21.7 Å². The molecule has 10 heteroatoms. The van der Waals surface area contributed by atoms with Gasteiger partial charge in [-0.25, -0.2) is 4.68 Å². The lowest BCUT2D eigenvalue weighted by atomic mass is 10.0. The average Bonchev–Trinajstić information content (AvgIpc) is 3.67. The Hall–Kier alpha value is -4.44. The van der Waals surface area contributed by atoms with Gasteiger partial charge in [-0.1, -0.05) is 47.7 Å². The minimum absolute atomic E-state index is 0.0361. The predicted octanol–water partition coefficient (Wildman–Crippen LogP) is 3.95. The molecule has 0 unspecified atom stereocenters. The van der Waals surface area contributed by atoms with Crippen LogP contribution in [0.4, 0.5) is 0 Å². The molecule has 0 bridgehead atoms. The van der Waals surface area contributed by atoms with Crippen molar-refractivity contribution in [1.82, 2.24) is 25.2 Å². The first-order chi connectivity index (χ1) is 20.4. The third-order valence-electron chi connectivity index (χ3n) is 7.60. The summed E-state index contributed by atoms with van der Waals surface area (Å²) in [5.74, 6) is -0.408. The van der Waals surface area contributed by atoms with E-state index in [1.807, 2.05) is 62.4 Å². The molecule has 1 aliphatic rings. The van der Waals surface area contributed by atoms with E-state index in [9.17, 15) is 14.7 Å². The van der Waals surface area contributed by atoms with Gasteiger partial charge < -0.3 is 24.8 Å². The second-order valence-electron chi connectivity index (χ2n) is 10.4. The van der Waals surface area contributed by atoms with Crippen LogP contribution in [0, 0.1) is 6.92 Å². The van der Waals surface area contributed by atoms with E-state index in [0.29, 0.717) is 37.3 Å². The van der Waals surface area contributed by atoms with Gasteiger partial charge in [-0.15, -0.1) is 5.10 Å². The molecule has 1 fully saturated rings. The summed E-state index contributed by atoms with van der Waals surface area (Å²) >= 11 is 0. The number of fused-ring (bicyclic) bond motifs is 1. The minimum atomic E-state index is -0.988. The molecular weight excluding hydrogens is 534 g/mol. The summed E-state index contributed by atoms with van der Waals surface area (Å²) in [5, 5.41) is 21.8. The number of nitrogens with one attached hydrogen (secondary N) is 1. The number of aryl methyl sites for hydroxylation is 1. The standard InChI is InChI=1S/C32H37N5O5/c1-3-41-29-19-24(14-15-28(29)38)31(32(40)33-20-25-11-8-18-42-25)36(17-16-23-10-5-4-9-22(23)2)30(39)21-37-27-13-7-6-12-26(27)34-35-37/h4-7,9-10,12-15,19,25,31,38H,3,8,11,16-18,20-21H2,1-2H3,(H,33,40)/t25-,31+/m1/s1. The van der Waals surface area contributed by atoms with Gasteiger partial charge in [-0.05, 0) is 74.1 Å². The van der Waals surface area contributed by atoms with Gasteiger partial charge in [0, 0.05) is 19.7 Å². The van der Waals surface area contributed by atoms with Gasteiger partial charge in [0.1, 0.15) is 18.1 Å². The second-order valence-corrected chi connectivity index (χ2v) is 10.4. The number of ether oxygens (including phenoxy) is 2. The molecule has 0 radical (unpaired) electrons. The Kier molecular flexibility index (Phi) is 9.33. The van der Waals surface area contributed by atoms with Crippen LogP contribution in [0.25, 0.3) is 11.0 Å². The molecule has 0 aliphatic carbocycles. The van der Waals surface area contributed by atoms with E-state index in [1.165, 1.54) is 6.07 Å². The first-order valence-corrected chi connectivity index (χ1v) is 14.4. The number of benzene rings is 3. The van der Waals surface area contributed by atoms with Crippen LogP contribution in [0.5, 0.6) is 11.5 Å². The molecular formula is C32H37N5O5. The van der Waals surface area contributed by atoms with Crippen LogP contribution in [0.15, 0.2) is 66.7 Å². The summed E-state index contributed by atoms with van der Waals surface area (Å²) < 4.78 is 12.9. The first kappa shape index (κ1) is 29.1. The lowest BCUT2D eigenvalue weighted by Crippen LogP contribution is -2.47. The number of rotatable bonds is 12. The molecule has 0 saturated carbocycles. The Bertz CT molecular complexity index is 1530. The summed E-state index contributed by atoms with van der Waals surface area (Å²) in [4.78, 5) is 29.8. The fraction of sp³-hybridized carbons (Fsp3) is 0.375. The molecule has 10 nitrogen and oxygen atoms in total. The minimum Gasteiger partial charge on any atom is -0.504 e. The quantitative estimate of drug-likeness (QED) is 0.264. The maximum absolute atomic E-state index is 14.2. The van der Waals surface area contributed by atoms with Crippen molar-refractivity contribution in [1.29, 1.82) is 0 Å². The van der Waals surface area contributed by atoms with Crippen molar-refractivity contribution in [3.63, 3.8) is 0 Å². The average molecular weight is 572 g/mol. The van der Waals surface area contributed by atoms with Gasteiger partial charge in [0.15, 0.2) is 11.5 Å². The largest absolute Gasteiger partial charge is 0.504 e. The smallest absolute Gasteiger partial charge is 0.247 e. The fourth-order valence-corrected chi connectivity index (χ4v) is 5.34. The fourth-order valence-electron chi connectivity index (χ4n) is 5.34. The maximum Gasteiger partial charge on any atom is 0.247 e. The normalized spacial score (nSPS) is 15.4. The highest BCUT2D eigenvalue weighted by Crippen LogP contribution is 2.32. The maximum atomic E-state index is 14.2. The van der Waals surface area contributed by atoms with Crippen LogP contribution in [-0.2, 0) is 27.3 Å². The second kappa shape index (κ2) is 13.5. The van der Waals surface area contributed by atoms with Crippen LogP contribution in [-0.4, -0.2) is 69.2 Å². The number of phenolic OH excluding ortho intramolecular Hbond substituents is 1. The number of aromatic hydroxyl groups is 1. The lowest BCUT2D eigenvalue weighted by molar-refractivity contribution is -0.141. The molecule has 2 amide bonds. The van der Waals surface area contributed by atoms with Crippen molar-refractivity contribution in [3.05, 3.63) is 83.4 Å². The van der Waals surface area contributed by atoms with Gasteiger partial charge in [0.25, 0.3) is 0 Å². The number of hydrogen-bond acceptors (Lipinski definition) is 7. The molecule has 0 spiro atoms. The SMILES string of the molecule is CCOc1cc([C@@H](C(=O)NC[C@H]2CCCO2)N(CCc2ccccc2C)C(=O)Cn2nnc3ccccc32)ccc1O. The van der Waals surface area contributed by atoms with Gasteiger partial charge in [0.2, 0.25) is 11.8 Å². The van der Waals surface area contributed by atoms with Crippen molar-refractivity contribution < 1.29 is 24.2 Å². The number of carbonyl (C=O) groups excluding carboxylic acids is 2. The van der Waals surface area contributed by atoms with Crippen LogP contribution in [0.1, 0.15) is 42.5 Å². The summed E-state index contributed by atoms with van der Waals surface area (Å²) in [6.07, 6.45) is 2.30. The number of hydrogen-bond donors (Lipinski definition) is 2. The van der Waals surface area contributed by atoms with Crippen molar-refractivity contribution in [2.45, 2.75) is 51.8 Å². The van der Waals surface area contributed by atoms with Crippen molar-refractivity contribution in [3.8, 4) is 11.5 Å². The van der Waals surface area contributed by atoms with E-state index >= 15 is 0 Å². The first-order valence-electron chi connectivity index (χ1n) is 14.4. The number of aromatic nitrogens is 3. The van der Waals surface area contributed by atoms with Gasteiger partial charge >= 0.3 is 0 Å². The van der Waals surface area contributed by atoms with Gasteiger partial charge in [-0.2, -0.15) is 0 Å². The third-order valence-corrected chi connectivity index (χ3v) is 7.60. The van der Waals surface area contributed by atoms with Gasteiger partial charge in [0.05, 0.1) is 18.2 Å². The highest BCUT2D eigenvalue weighted by Gasteiger charge is 2.33. The topological polar surface area (TPSA) is 119 Å². The lowest BCUT2D eigenvalue weighted by Gasteiger charge is -2.32. The number of amides is 2. The number of phenols is 1. The van der Waals surface area contributed by atoms with E-state index in [-0.39, 0.29) is 42.5 Å². The summed E-state index contributed by atoms with van der Waals surface area (Å²) in [5.41, 5.74) is 4.13. The zero-order valence-corrected chi connectivity index (χ0v) is 24.0. The Morgan fingerprint density at radius 3 is 2.76 bits per heavy atom. The summed E-state index contributed by atoms with van der Waals surface area (Å²) in [6, 6.07) is 19.2. The molecule has 2 heterocycles. The van der Waals surface area contributed by atoms with E-state index in [0.717, 1.165) is 29.5 Å². The highest BCUT2D eigenvalue weighted by molar-refractivity contribution is 5.89. The van der Waals surface area contributed by atoms with Crippen LogP contribution in [0.3, 0.4) is 0 Å². The third kappa shape index (κ3) is 6.71. The number of nitrogens with zero attached hydrogens (tertiary/aromatic N) is 4. The monoisotopic (exact) mass is 571 g/mol. The molecule has 2 N–H and O–H groups in total. The molecule has 2 atom stereocenters. The van der Waals surface area contributed by atoms with Crippen molar-refractivity contribution in [2.24, 2.45) is 0 Å². The molecule has 42 heavy (non-hydrogen) atoms. The molecule has 1 saturated heterocycles. The molecule has 1 aliphatic heterocycles. The Morgan fingerprint density at radius 1 is 1.17 bits per heavy atom. The Balaban J connectivity index is 1.51. The number of para-hydroxylation sites is 1. The molecule has 3 aromatic carbocycles. The number of carbonyl (C=O) groups is 2. The van der Waals surface area contributed by atoms with Crippen LogP contribution in [0.2, 0.25) is 0 Å². The summed E-state index contributed by atoms with van der Waals surface area (Å²) in [7, 11) is 0. The van der Waals surface area contributed by atoms with Crippen molar-refractivity contribution in [2.75, 3.05) is 26.3 Å². The summed E-state index contributed by atoms with van der Waals surface area (Å²) in [6.45, 7) is 5.38. The van der Waals surface area contributed by atoms with Gasteiger partial charge in [-0.3, -0.25) is 9.59 Å². The van der Waals surface area contributed by atoms with E-state index in [2.05, 4.69) is 15.6 Å². The zero-order valence-electron chi connectivity index (χ0n) is 24.0. The van der Waals surface area contributed by atoms with E-state index in [4.69, 9.17) is 9.47 Å². The molecule has 1 aromatic heterocycles. The predicted molar refractivity (Wildman–Crippen MR) is 158 cm³/mol. The van der Waals surface area contributed by atoms with E-state index < -0.39 is 6.04 Å². The Labute approximate surface area is 245 Å². The highest BCUT2D eigenvalue weighted by atomic mass is 16.5. The molecule has 220 valence electrons. The molecule has 5 rings (SSSR count). The van der Waals surface area contributed by atoms with Crippen LogP contribution >= 0.6 is 0 Å².